The van der Waals surface area contributed by atoms with Gasteiger partial charge in [-0.2, -0.15) is 0 Å². The molecular weight excluding hydrogens is 464 g/mol. The van der Waals surface area contributed by atoms with Crippen LogP contribution in [0.3, 0.4) is 0 Å². The smallest absolute Gasteiger partial charge is 0.264 e. The summed E-state index contributed by atoms with van der Waals surface area (Å²) in [5, 5.41) is 2.86. The van der Waals surface area contributed by atoms with Gasteiger partial charge in [0.15, 0.2) is 11.5 Å². The number of carbonyl (C=O) groups excluding carboxylic acids is 1. The topological polar surface area (TPSA) is 70.1 Å². The molecule has 1 fully saturated rings. The van der Waals surface area contributed by atoms with Crippen LogP contribution < -0.4 is 18.9 Å². The van der Waals surface area contributed by atoms with Gasteiger partial charge in [-0.25, -0.2) is 4.98 Å². The number of hydrogen-bond acceptors (Lipinski definition) is 7. The molecule has 178 valence electrons. The third kappa shape index (κ3) is 4.04. The molecule has 1 aliphatic carbocycles. The molecule has 2 aromatic carbocycles. The van der Waals surface area contributed by atoms with E-state index in [0.29, 0.717) is 29.5 Å². The molecule has 2 aromatic heterocycles. The normalized spacial score (nSPS) is 14.2. The number of methoxy groups -OCH3 is 2. The number of hydrogen-bond donors (Lipinski definition) is 0. The number of ether oxygens (including phenoxy) is 4. The molecule has 8 heteroatoms. The summed E-state index contributed by atoms with van der Waals surface area (Å²) in [6.07, 6.45) is 2.02. The van der Waals surface area contributed by atoms with E-state index < -0.39 is 0 Å². The summed E-state index contributed by atoms with van der Waals surface area (Å²) in [6.45, 7) is 0.633. The largest absolute Gasteiger partial charge is 0.497 e. The van der Waals surface area contributed by atoms with E-state index in [2.05, 4.69) is 6.07 Å². The Kier molecular flexibility index (Phi) is 5.45. The predicted octanol–water partition coefficient (Wildman–Crippen LogP) is 5.51. The van der Waals surface area contributed by atoms with E-state index in [0.717, 1.165) is 45.4 Å². The first-order chi connectivity index (χ1) is 17.1. The monoisotopic (exact) mass is 488 g/mol. The van der Waals surface area contributed by atoms with Crippen molar-refractivity contribution in [2.24, 2.45) is 0 Å². The van der Waals surface area contributed by atoms with Gasteiger partial charge in [-0.05, 0) is 60.2 Å². The van der Waals surface area contributed by atoms with Crippen molar-refractivity contribution < 1.29 is 23.7 Å². The molecule has 1 aliphatic heterocycles. The Hall–Kier alpha value is -3.78. The van der Waals surface area contributed by atoms with Crippen LogP contribution in [0.4, 0.5) is 0 Å². The lowest BCUT2D eigenvalue weighted by molar-refractivity contribution is 0.0735. The fraction of sp³-hybridized carbons (Fsp3) is 0.259. The van der Waals surface area contributed by atoms with Gasteiger partial charge >= 0.3 is 0 Å². The molecule has 0 bridgehead atoms. The number of aromatic nitrogens is 1. The second-order valence-electron chi connectivity index (χ2n) is 8.60. The molecule has 0 radical (unpaired) electrons. The minimum absolute atomic E-state index is 0.0526. The second-order valence-corrected chi connectivity index (χ2v) is 9.55. The molecule has 35 heavy (non-hydrogen) atoms. The third-order valence-corrected chi connectivity index (χ3v) is 7.23. The van der Waals surface area contributed by atoms with Crippen LogP contribution in [0, 0.1) is 0 Å². The van der Waals surface area contributed by atoms with Gasteiger partial charge in [0.05, 0.1) is 30.3 Å². The van der Waals surface area contributed by atoms with Crippen molar-refractivity contribution in [3.63, 3.8) is 0 Å². The Bertz CT molecular complexity index is 1420. The van der Waals surface area contributed by atoms with E-state index in [4.69, 9.17) is 23.9 Å². The van der Waals surface area contributed by atoms with Crippen molar-refractivity contribution in [3.05, 3.63) is 64.4 Å². The van der Waals surface area contributed by atoms with Crippen LogP contribution in [0.5, 0.6) is 23.0 Å². The van der Waals surface area contributed by atoms with Crippen molar-refractivity contribution in [2.45, 2.75) is 25.4 Å². The molecule has 3 heterocycles. The molecule has 0 spiro atoms. The fourth-order valence-corrected chi connectivity index (χ4v) is 5.12. The van der Waals surface area contributed by atoms with E-state index in [1.165, 1.54) is 11.3 Å². The second kappa shape index (κ2) is 8.78. The molecule has 0 saturated heterocycles. The summed E-state index contributed by atoms with van der Waals surface area (Å²) in [4.78, 5) is 21.2. The molecule has 0 N–H and O–H groups in total. The van der Waals surface area contributed by atoms with Crippen LogP contribution in [0.2, 0.25) is 0 Å². The average molecular weight is 489 g/mol. The summed E-state index contributed by atoms with van der Waals surface area (Å²) in [5.41, 5.74) is 3.26. The highest BCUT2D eigenvalue weighted by atomic mass is 32.1. The van der Waals surface area contributed by atoms with Gasteiger partial charge in [0.25, 0.3) is 5.91 Å². The number of benzene rings is 2. The van der Waals surface area contributed by atoms with Gasteiger partial charge in [0, 0.05) is 29.6 Å². The zero-order valence-corrected chi connectivity index (χ0v) is 20.3. The molecule has 7 nitrogen and oxygen atoms in total. The van der Waals surface area contributed by atoms with Gasteiger partial charge < -0.3 is 23.8 Å². The Balaban J connectivity index is 1.52. The van der Waals surface area contributed by atoms with Crippen LogP contribution in [0.25, 0.3) is 22.2 Å². The minimum Gasteiger partial charge on any atom is -0.497 e. The molecule has 4 aromatic rings. The summed E-state index contributed by atoms with van der Waals surface area (Å²) in [7, 11) is 3.27. The molecule has 1 saturated carbocycles. The maximum Gasteiger partial charge on any atom is 0.264 e. The van der Waals surface area contributed by atoms with Crippen LogP contribution in [-0.2, 0) is 6.54 Å². The predicted molar refractivity (Wildman–Crippen MR) is 134 cm³/mol. The van der Waals surface area contributed by atoms with Gasteiger partial charge in [0.2, 0.25) is 6.79 Å². The van der Waals surface area contributed by atoms with E-state index in [1.54, 1.807) is 14.2 Å². The fourth-order valence-electron chi connectivity index (χ4n) is 4.44. The highest BCUT2D eigenvalue weighted by Gasteiger charge is 2.34. The average Bonchev–Trinajstić information content (AvgIpc) is 3.37. The summed E-state index contributed by atoms with van der Waals surface area (Å²) < 4.78 is 22.4. The lowest BCUT2D eigenvalue weighted by Crippen LogP contribution is -2.32. The van der Waals surface area contributed by atoms with E-state index >= 15 is 0 Å². The molecule has 6 rings (SSSR count). The van der Waals surface area contributed by atoms with E-state index in [-0.39, 0.29) is 18.7 Å². The summed E-state index contributed by atoms with van der Waals surface area (Å²) in [5.74, 6) is 2.81. The maximum atomic E-state index is 13.4. The number of rotatable bonds is 7. The van der Waals surface area contributed by atoms with Gasteiger partial charge in [-0.1, -0.05) is 6.07 Å². The number of amides is 1. The Morgan fingerprint density at radius 2 is 1.91 bits per heavy atom. The maximum absolute atomic E-state index is 13.4. The number of pyridine rings is 1. The first kappa shape index (κ1) is 21.7. The Morgan fingerprint density at radius 1 is 1.09 bits per heavy atom. The zero-order chi connectivity index (χ0) is 23.9. The lowest BCUT2D eigenvalue weighted by Gasteiger charge is -2.24. The quantitative estimate of drug-likeness (QED) is 0.341. The Morgan fingerprint density at radius 3 is 2.63 bits per heavy atom. The highest BCUT2D eigenvalue weighted by Crippen LogP contribution is 2.41. The van der Waals surface area contributed by atoms with Gasteiger partial charge in [0.1, 0.15) is 11.5 Å². The number of thiophene rings is 1. The molecular formula is C27H24N2O5S. The van der Waals surface area contributed by atoms with Crippen LogP contribution in [0.15, 0.2) is 53.9 Å². The SMILES string of the molecule is COc1ccc(OC)c(-c2nc3cc4c(cc3cc2CN(C(=O)c2cccs2)C2CC2)OCO4)c1. The summed E-state index contributed by atoms with van der Waals surface area (Å²) >= 11 is 1.47. The van der Waals surface area contributed by atoms with Crippen molar-refractivity contribution in [1.29, 1.82) is 0 Å². The van der Waals surface area contributed by atoms with E-state index in [1.807, 2.05) is 52.7 Å². The van der Waals surface area contributed by atoms with Crippen LogP contribution in [-0.4, -0.2) is 42.8 Å². The molecule has 2 aliphatic rings. The minimum atomic E-state index is 0.0526. The van der Waals surface area contributed by atoms with Crippen molar-refractivity contribution in [2.75, 3.05) is 21.0 Å². The first-order valence-corrected chi connectivity index (χ1v) is 12.3. The van der Waals surface area contributed by atoms with Crippen molar-refractivity contribution in [3.8, 4) is 34.3 Å². The molecule has 1 amide bonds. The Labute approximate surface area is 206 Å². The molecule has 0 atom stereocenters. The van der Waals surface area contributed by atoms with Crippen molar-refractivity contribution >= 4 is 28.1 Å². The standard InChI is InChI=1S/C27H24N2O5S/c1-31-19-7-8-22(32-2)20(12-19)26-17(10-16-11-23-24(34-15-33-23)13-21(16)28-26)14-29(18-5-6-18)27(30)25-4-3-9-35-25/h3-4,7-13,18H,5-6,14-15H2,1-2H3. The van der Waals surface area contributed by atoms with Gasteiger partial charge in [-0.3, -0.25) is 4.79 Å². The molecule has 0 unspecified atom stereocenters. The highest BCUT2D eigenvalue weighted by molar-refractivity contribution is 7.12. The van der Waals surface area contributed by atoms with E-state index in [9.17, 15) is 4.79 Å². The van der Waals surface area contributed by atoms with Crippen LogP contribution >= 0.6 is 11.3 Å². The number of fused-ring (bicyclic) bond motifs is 2. The van der Waals surface area contributed by atoms with Crippen molar-refractivity contribution in [1.82, 2.24) is 9.88 Å². The number of carbonyl (C=O) groups is 1. The third-order valence-electron chi connectivity index (χ3n) is 6.37. The zero-order valence-electron chi connectivity index (χ0n) is 19.4. The summed E-state index contributed by atoms with van der Waals surface area (Å²) in [6, 6.07) is 15.6. The number of nitrogens with zero attached hydrogens (tertiary/aromatic N) is 2. The lowest BCUT2D eigenvalue weighted by atomic mass is 10.0. The van der Waals surface area contributed by atoms with Gasteiger partial charge in [-0.15, -0.1) is 11.3 Å². The van der Waals surface area contributed by atoms with Crippen LogP contribution in [0.1, 0.15) is 28.1 Å². The first-order valence-electron chi connectivity index (χ1n) is 11.4.